The van der Waals surface area contributed by atoms with Crippen molar-refractivity contribution >= 4 is 24.0 Å². The summed E-state index contributed by atoms with van der Waals surface area (Å²) in [6.45, 7) is 2.10. The number of ether oxygens (including phenoxy) is 1. The molecule has 2 aromatic rings. The molecule has 26 heavy (non-hydrogen) atoms. The molecule has 2 N–H and O–H groups in total. The highest BCUT2D eigenvalue weighted by Gasteiger charge is 2.28. The normalized spacial score (nSPS) is 10.8. The van der Waals surface area contributed by atoms with Gasteiger partial charge in [-0.2, -0.15) is 13.2 Å². The topological polar surface area (TPSA) is 63.2 Å². The second-order valence-electron chi connectivity index (χ2n) is 5.22. The molecule has 5 nitrogen and oxygen atoms in total. The highest BCUT2D eigenvalue weighted by atomic mass is 35.5. The van der Waals surface area contributed by atoms with E-state index in [0.717, 1.165) is 12.1 Å². The molecule has 0 aliphatic carbocycles. The van der Waals surface area contributed by atoms with Gasteiger partial charge in [-0.3, -0.25) is 4.79 Å². The fraction of sp³-hybridized carbons (Fsp3) is 0.294. The molecule has 0 saturated carbocycles. The number of alkyl halides is 3. The number of amides is 1. The van der Waals surface area contributed by atoms with Crippen LogP contribution in [0.2, 0.25) is 0 Å². The Morgan fingerprint density at radius 1 is 1.23 bits per heavy atom. The van der Waals surface area contributed by atoms with Gasteiger partial charge in [-0.15, -0.1) is 12.4 Å². The van der Waals surface area contributed by atoms with Gasteiger partial charge in [-0.25, -0.2) is 4.98 Å². The Labute approximate surface area is 155 Å². The summed E-state index contributed by atoms with van der Waals surface area (Å²) in [4.78, 5) is 15.9. The molecule has 0 aliphatic heterocycles. The van der Waals surface area contributed by atoms with Crippen molar-refractivity contribution in [2.45, 2.75) is 19.6 Å². The Morgan fingerprint density at radius 3 is 2.62 bits per heavy atom. The molecule has 0 fully saturated rings. The van der Waals surface area contributed by atoms with E-state index in [-0.39, 0.29) is 23.9 Å². The number of carbonyl (C=O) groups is 1. The Hall–Kier alpha value is -2.32. The summed E-state index contributed by atoms with van der Waals surface area (Å²) in [5.74, 6) is -0.600. The summed E-state index contributed by atoms with van der Waals surface area (Å²) in [6, 6.07) is 9.94. The number of aromatic nitrogens is 1. The van der Waals surface area contributed by atoms with Crippen molar-refractivity contribution in [3.63, 3.8) is 0 Å². The van der Waals surface area contributed by atoms with Gasteiger partial charge < -0.3 is 15.4 Å². The van der Waals surface area contributed by atoms with Crippen LogP contribution < -0.4 is 15.4 Å². The van der Waals surface area contributed by atoms with E-state index in [2.05, 4.69) is 20.4 Å². The lowest BCUT2D eigenvalue weighted by Gasteiger charge is -2.09. The van der Waals surface area contributed by atoms with E-state index in [1.807, 2.05) is 25.1 Å². The zero-order valence-corrected chi connectivity index (χ0v) is 14.8. The largest absolute Gasteiger partial charge is 0.468 e. The van der Waals surface area contributed by atoms with Crippen LogP contribution >= 0.6 is 12.4 Å². The van der Waals surface area contributed by atoms with Crippen LogP contribution in [-0.2, 0) is 6.54 Å². The van der Waals surface area contributed by atoms with Gasteiger partial charge in [0.2, 0.25) is 5.88 Å². The average Bonchev–Trinajstić information content (AvgIpc) is 2.58. The van der Waals surface area contributed by atoms with E-state index in [4.69, 9.17) is 0 Å². The van der Waals surface area contributed by atoms with Crippen molar-refractivity contribution in [3.05, 3.63) is 53.7 Å². The Bertz CT molecular complexity index is 709. The van der Waals surface area contributed by atoms with Gasteiger partial charge in [0, 0.05) is 24.5 Å². The lowest BCUT2D eigenvalue weighted by Crippen LogP contribution is -2.19. The lowest BCUT2D eigenvalue weighted by molar-refractivity contribution is -0.154. The minimum atomic E-state index is -4.44. The number of benzene rings is 1. The number of halogens is 4. The summed E-state index contributed by atoms with van der Waals surface area (Å²) < 4.78 is 40.7. The van der Waals surface area contributed by atoms with Crippen LogP contribution in [-0.4, -0.2) is 30.2 Å². The maximum absolute atomic E-state index is 12.2. The minimum Gasteiger partial charge on any atom is -0.468 e. The first-order valence-corrected chi connectivity index (χ1v) is 7.64. The molecule has 0 atom stereocenters. The predicted octanol–water partition coefficient (Wildman–Crippen LogP) is 3.81. The number of nitrogens with one attached hydrogen (secondary N) is 2. The van der Waals surface area contributed by atoms with Gasteiger partial charge in [0.1, 0.15) is 0 Å². The van der Waals surface area contributed by atoms with Crippen LogP contribution in [0.1, 0.15) is 22.8 Å². The zero-order chi connectivity index (χ0) is 18.3. The number of rotatable bonds is 7. The molecule has 9 heteroatoms. The predicted molar refractivity (Wildman–Crippen MR) is 94.8 cm³/mol. The van der Waals surface area contributed by atoms with E-state index in [9.17, 15) is 18.0 Å². The minimum absolute atomic E-state index is 0. The quantitative estimate of drug-likeness (QED) is 0.756. The van der Waals surface area contributed by atoms with Gasteiger partial charge in [0.25, 0.3) is 5.91 Å². The summed E-state index contributed by atoms with van der Waals surface area (Å²) >= 11 is 0. The van der Waals surface area contributed by atoms with Gasteiger partial charge in [0.05, 0.1) is 5.56 Å². The lowest BCUT2D eigenvalue weighted by atomic mass is 10.2. The number of pyridine rings is 1. The van der Waals surface area contributed by atoms with Crippen molar-refractivity contribution in [1.82, 2.24) is 10.3 Å². The maximum Gasteiger partial charge on any atom is 0.422 e. The smallest absolute Gasteiger partial charge is 0.422 e. The summed E-state index contributed by atoms with van der Waals surface area (Å²) in [6.07, 6.45) is -3.26. The summed E-state index contributed by atoms with van der Waals surface area (Å²) in [5.41, 5.74) is 1.86. The number of anilines is 1. The van der Waals surface area contributed by atoms with E-state index in [0.29, 0.717) is 12.2 Å². The first kappa shape index (κ1) is 21.7. The van der Waals surface area contributed by atoms with Crippen molar-refractivity contribution < 1.29 is 22.7 Å². The SMILES string of the molecule is CCNCc1cccc(NC(=O)c2ccc(OCC(F)(F)F)nc2)c1.Cl. The van der Waals surface area contributed by atoms with E-state index >= 15 is 0 Å². The molecule has 0 bridgehead atoms. The fourth-order valence-corrected chi connectivity index (χ4v) is 1.99. The first-order chi connectivity index (χ1) is 11.9. The Morgan fingerprint density at radius 2 is 2.00 bits per heavy atom. The van der Waals surface area contributed by atoms with Crippen LogP contribution in [0.4, 0.5) is 18.9 Å². The van der Waals surface area contributed by atoms with Crippen LogP contribution in [0.15, 0.2) is 42.6 Å². The van der Waals surface area contributed by atoms with Crippen LogP contribution in [0.25, 0.3) is 0 Å². The highest BCUT2D eigenvalue weighted by molar-refractivity contribution is 6.04. The third-order valence-corrected chi connectivity index (χ3v) is 3.15. The number of hydrogen-bond acceptors (Lipinski definition) is 4. The molecule has 0 unspecified atom stereocenters. The highest BCUT2D eigenvalue weighted by Crippen LogP contribution is 2.17. The molecular formula is C17H19ClF3N3O2. The van der Waals surface area contributed by atoms with Crippen molar-refractivity contribution in [3.8, 4) is 5.88 Å². The molecule has 1 aromatic carbocycles. The monoisotopic (exact) mass is 389 g/mol. The van der Waals surface area contributed by atoms with Crippen molar-refractivity contribution in [1.29, 1.82) is 0 Å². The van der Waals surface area contributed by atoms with Crippen molar-refractivity contribution in [2.24, 2.45) is 0 Å². The van der Waals surface area contributed by atoms with Crippen molar-refractivity contribution in [2.75, 3.05) is 18.5 Å². The molecule has 1 heterocycles. The van der Waals surface area contributed by atoms with Gasteiger partial charge >= 0.3 is 6.18 Å². The average molecular weight is 390 g/mol. The second kappa shape index (κ2) is 9.98. The second-order valence-corrected chi connectivity index (χ2v) is 5.22. The zero-order valence-electron chi connectivity index (χ0n) is 14.0. The molecular weight excluding hydrogens is 371 g/mol. The molecule has 1 amide bonds. The van der Waals surface area contributed by atoms with E-state index < -0.39 is 18.7 Å². The molecule has 0 radical (unpaired) electrons. The van der Waals surface area contributed by atoms with E-state index in [1.165, 1.54) is 18.3 Å². The van der Waals surface area contributed by atoms with E-state index in [1.54, 1.807) is 6.07 Å². The number of nitrogens with zero attached hydrogens (tertiary/aromatic N) is 1. The first-order valence-electron chi connectivity index (χ1n) is 7.64. The number of carbonyl (C=O) groups excluding carboxylic acids is 1. The summed E-state index contributed by atoms with van der Waals surface area (Å²) in [5, 5.41) is 5.91. The maximum atomic E-state index is 12.2. The van der Waals surface area contributed by atoms with Gasteiger partial charge in [-0.05, 0) is 30.3 Å². The third-order valence-electron chi connectivity index (χ3n) is 3.15. The molecule has 0 spiro atoms. The summed E-state index contributed by atoms with van der Waals surface area (Å²) in [7, 11) is 0. The fourth-order valence-electron chi connectivity index (χ4n) is 1.99. The van der Waals surface area contributed by atoms with Crippen LogP contribution in [0, 0.1) is 0 Å². The number of hydrogen-bond donors (Lipinski definition) is 2. The molecule has 0 saturated heterocycles. The van der Waals surface area contributed by atoms with Gasteiger partial charge in [-0.1, -0.05) is 19.1 Å². The van der Waals surface area contributed by atoms with Gasteiger partial charge in [0.15, 0.2) is 6.61 Å². The third kappa shape index (κ3) is 7.28. The Balaban J connectivity index is 0.00000338. The molecule has 142 valence electrons. The molecule has 2 rings (SSSR count). The van der Waals surface area contributed by atoms with Crippen LogP contribution in [0.5, 0.6) is 5.88 Å². The molecule has 0 aliphatic rings. The Kier molecular flexibility index (Phi) is 8.34. The standard InChI is InChI=1S/C17H18F3N3O2.ClH/c1-2-21-9-12-4-3-5-14(8-12)23-16(24)13-6-7-15(22-10-13)25-11-17(18,19)20;/h3-8,10,21H,2,9,11H2,1H3,(H,23,24);1H. The molecule has 1 aromatic heterocycles. The van der Waals surface area contributed by atoms with Crippen LogP contribution in [0.3, 0.4) is 0 Å².